The van der Waals surface area contributed by atoms with Crippen LogP contribution >= 0.6 is 0 Å². The number of rotatable bonds is 4. The van der Waals surface area contributed by atoms with Gasteiger partial charge in [0.05, 0.1) is 0 Å². The molecule has 0 saturated carbocycles. The Morgan fingerprint density at radius 1 is 1.45 bits per heavy atom. The van der Waals surface area contributed by atoms with Gasteiger partial charge in [0.15, 0.2) is 0 Å². The van der Waals surface area contributed by atoms with Crippen LogP contribution in [0.4, 0.5) is 0 Å². The van der Waals surface area contributed by atoms with Crippen molar-refractivity contribution in [1.82, 2.24) is 4.90 Å². The molecule has 11 heavy (non-hydrogen) atoms. The molecule has 0 saturated heterocycles. The zero-order chi connectivity index (χ0) is 9.02. The van der Waals surface area contributed by atoms with Crippen molar-refractivity contribution in [1.29, 1.82) is 0 Å². The van der Waals surface area contributed by atoms with Gasteiger partial charge in [0.1, 0.15) is 0 Å². The van der Waals surface area contributed by atoms with Gasteiger partial charge in [0.2, 0.25) is 0 Å². The summed E-state index contributed by atoms with van der Waals surface area (Å²) < 4.78 is 0. The van der Waals surface area contributed by atoms with Gasteiger partial charge in [0, 0.05) is 12.1 Å². The second-order valence-electron chi connectivity index (χ2n) is 2.48. The molecule has 1 N–H and O–H groups in total. The van der Waals surface area contributed by atoms with Gasteiger partial charge < -0.3 is 10.0 Å². The maximum atomic E-state index is 10.7. The number of nitrogens with zero attached hydrogens (tertiary/aromatic N) is 1. The first-order valence-corrected chi connectivity index (χ1v) is 3.05. The first-order chi connectivity index (χ1) is 4.95. The summed E-state index contributed by atoms with van der Waals surface area (Å²) in [5.74, 6) is -2.37. The average Bonchev–Trinajstić information content (AvgIpc) is 1.84. The number of carbonyl (C=O) groups excluding carboxylic acids is 1. The maximum Gasteiger partial charge on any atom is 0.376 e. The number of carboxylic acids is 1. The minimum Gasteiger partial charge on any atom is -0.475 e. The van der Waals surface area contributed by atoms with E-state index in [2.05, 4.69) is 6.58 Å². The normalized spacial score (nSPS) is 9.73. The Kier molecular flexibility index (Phi) is 3.47. The van der Waals surface area contributed by atoms with Gasteiger partial charge in [-0.1, -0.05) is 6.58 Å². The lowest BCUT2D eigenvalue weighted by Crippen LogP contribution is -2.23. The van der Waals surface area contributed by atoms with Crippen LogP contribution in [0.3, 0.4) is 0 Å². The van der Waals surface area contributed by atoms with E-state index in [1.165, 1.54) is 0 Å². The Hall–Kier alpha value is -1.16. The van der Waals surface area contributed by atoms with Crippen LogP contribution in [0.2, 0.25) is 0 Å². The van der Waals surface area contributed by atoms with Crippen LogP contribution in [0, 0.1) is 0 Å². The highest BCUT2D eigenvalue weighted by Gasteiger charge is 2.15. The van der Waals surface area contributed by atoms with Crippen LogP contribution in [0.25, 0.3) is 0 Å². The Bertz CT molecular complexity index is 196. The van der Waals surface area contributed by atoms with Gasteiger partial charge in [-0.15, -0.1) is 0 Å². The minimum absolute atomic E-state index is 0.0995. The Labute approximate surface area is 65.1 Å². The van der Waals surface area contributed by atoms with Crippen molar-refractivity contribution in [2.75, 3.05) is 20.6 Å². The molecule has 0 aromatic heterocycles. The highest BCUT2D eigenvalue weighted by Crippen LogP contribution is 1.94. The van der Waals surface area contributed by atoms with Gasteiger partial charge in [-0.2, -0.15) is 0 Å². The summed E-state index contributed by atoms with van der Waals surface area (Å²) in [4.78, 5) is 22.4. The number of aliphatic carboxylic acids is 1. The summed E-state index contributed by atoms with van der Waals surface area (Å²) in [5, 5.41) is 8.24. The largest absolute Gasteiger partial charge is 0.475 e. The predicted molar refractivity (Wildman–Crippen MR) is 40.3 cm³/mol. The monoisotopic (exact) mass is 157 g/mol. The van der Waals surface area contributed by atoms with Gasteiger partial charge >= 0.3 is 5.97 Å². The third kappa shape index (κ3) is 3.52. The predicted octanol–water partition coefficient (Wildman–Crippen LogP) is -0.242. The summed E-state index contributed by atoms with van der Waals surface area (Å²) in [5.41, 5.74) is 0.0995. The summed E-state index contributed by atoms with van der Waals surface area (Å²) >= 11 is 0. The third-order valence-corrected chi connectivity index (χ3v) is 1.02. The molecule has 0 fully saturated rings. The summed E-state index contributed by atoms with van der Waals surface area (Å²) in [6, 6.07) is 0. The molecule has 0 aromatic rings. The molecule has 0 aliphatic carbocycles. The van der Waals surface area contributed by atoms with E-state index >= 15 is 0 Å². The van der Waals surface area contributed by atoms with Crippen molar-refractivity contribution in [2.24, 2.45) is 0 Å². The molecule has 0 bridgehead atoms. The molecule has 0 heterocycles. The fraction of sp³-hybridized carbons (Fsp3) is 0.429. The number of ketones is 1. The van der Waals surface area contributed by atoms with Crippen LogP contribution in [0.15, 0.2) is 12.2 Å². The van der Waals surface area contributed by atoms with Crippen molar-refractivity contribution in [2.45, 2.75) is 0 Å². The fourth-order valence-electron chi connectivity index (χ4n) is 0.605. The second kappa shape index (κ2) is 3.88. The van der Waals surface area contributed by atoms with Crippen LogP contribution < -0.4 is 0 Å². The van der Waals surface area contributed by atoms with E-state index in [1.807, 2.05) is 0 Å². The highest BCUT2D eigenvalue weighted by molar-refractivity contribution is 6.39. The minimum atomic E-state index is -1.45. The van der Waals surface area contributed by atoms with Gasteiger partial charge in [-0.05, 0) is 14.1 Å². The van der Waals surface area contributed by atoms with Crippen molar-refractivity contribution in [3.8, 4) is 0 Å². The molecule has 0 unspecified atom stereocenters. The van der Waals surface area contributed by atoms with E-state index in [1.54, 1.807) is 19.0 Å². The van der Waals surface area contributed by atoms with Gasteiger partial charge in [-0.25, -0.2) is 4.79 Å². The first-order valence-electron chi connectivity index (χ1n) is 3.05. The van der Waals surface area contributed by atoms with Crippen molar-refractivity contribution >= 4 is 11.8 Å². The van der Waals surface area contributed by atoms with Crippen LogP contribution in [-0.2, 0) is 9.59 Å². The van der Waals surface area contributed by atoms with E-state index < -0.39 is 11.8 Å². The Balaban J connectivity index is 4.05. The molecule has 0 aliphatic rings. The lowest BCUT2D eigenvalue weighted by molar-refractivity contribution is -0.147. The Morgan fingerprint density at radius 3 is 2.18 bits per heavy atom. The highest BCUT2D eigenvalue weighted by atomic mass is 16.4. The molecule has 4 nitrogen and oxygen atoms in total. The summed E-state index contributed by atoms with van der Waals surface area (Å²) in [6.45, 7) is 3.63. The number of likely N-dealkylation sites (N-methyl/N-ethyl adjacent to an activating group) is 1. The molecule has 0 aliphatic heterocycles. The van der Waals surface area contributed by atoms with Crippen LogP contribution in [0.5, 0.6) is 0 Å². The number of hydrogen-bond donors (Lipinski definition) is 1. The SMILES string of the molecule is C=C(CN(C)C)C(=O)C(=O)O. The topological polar surface area (TPSA) is 57.6 Å². The van der Waals surface area contributed by atoms with E-state index in [-0.39, 0.29) is 12.1 Å². The first kappa shape index (κ1) is 9.84. The van der Waals surface area contributed by atoms with Gasteiger partial charge in [-0.3, -0.25) is 4.79 Å². The summed E-state index contributed by atoms with van der Waals surface area (Å²) in [7, 11) is 3.47. The van der Waals surface area contributed by atoms with E-state index in [4.69, 9.17) is 5.11 Å². The third-order valence-electron chi connectivity index (χ3n) is 1.02. The molecule has 0 rings (SSSR count). The summed E-state index contributed by atoms with van der Waals surface area (Å²) in [6.07, 6.45) is 0. The zero-order valence-corrected chi connectivity index (χ0v) is 6.63. The lowest BCUT2D eigenvalue weighted by Gasteiger charge is -2.08. The molecule has 0 atom stereocenters. The molecule has 62 valence electrons. The van der Waals surface area contributed by atoms with E-state index in [9.17, 15) is 9.59 Å². The Morgan fingerprint density at radius 2 is 1.91 bits per heavy atom. The van der Waals surface area contributed by atoms with Crippen molar-refractivity contribution in [3.05, 3.63) is 12.2 Å². The van der Waals surface area contributed by atoms with Crippen molar-refractivity contribution in [3.63, 3.8) is 0 Å². The quantitative estimate of drug-likeness (QED) is 0.452. The van der Waals surface area contributed by atoms with Crippen LogP contribution in [0.1, 0.15) is 0 Å². The number of hydrogen-bond acceptors (Lipinski definition) is 3. The number of carboxylic acid groups (broad SMARTS) is 1. The average molecular weight is 157 g/mol. The molecular weight excluding hydrogens is 146 g/mol. The zero-order valence-electron chi connectivity index (χ0n) is 6.63. The molecule has 0 spiro atoms. The lowest BCUT2D eigenvalue weighted by atomic mass is 10.2. The number of Topliss-reactive ketones (excluding diaryl/α,β-unsaturated/α-hetero) is 1. The standard InChI is InChI=1S/C7H11NO3/c1-5(4-8(2)3)6(9)7(10)11/h1,4H2,2-3H3,(H,10,11). The molecule has 4 heteroatoms. The second-order valence-corrected chi connectivity index (χ2v) is 2.48. The van der Waals surface area contributed by atoms with Crippen LogP contribution in [-0.4, -0.2) is 42.4 Å². The fourth-order valence-corrected chi connectivity index (χ4v) is 0.605. The van der Waals surface area contributed by atoms with E-state index in [0.717, 1.165) is 0 Å². The number of carbonyl (C=O) groups is 2. The smallest absolute Gasteiger partial charge is 0.376 e. The molecule has 0 radical (unpaired) electrons. The van der Waals surface area contributed by atoms with E-state index in [0.29, 0.717) is 0 Å². The molecule has 0 aromatic carbocycles. The molecule has 0 amide bonds. The van der Waals surface area contributed by atoms with Crippen molar-refractivity contribution < 1.29 is 14.7 Å². The maximum absolute atomic E-state index is 10.7. The molecular formula is C7H11NO3. The van der Waals surface area contributed by atoms with Gasteiger partial charge in [0.25, 0.3) is 5.78 Å².